The highest BCUT2D eigenvalue weighted by Crippen LogP contribution is 2.31. The van der Waals surface area contributed by atoms with E-state index < -0.39 is 11.5 Å². The highest BCUT2D eigenvalue weighted by atomic mass is 19.1. The average Bonchev–Trinajstić information content (AvgIpc) is 3.63. The van der Waals surface area contributed by atoms with Gasteiger partial charge in [0.1, 0.15) is 5.82 Å². The Morgan fingerprint density at radius 1 is 0.956 bits per heavy atom. The maximum atomic E-state index is 13.7. The average molecular weight is 609 g/mol. The number of hydrogen-bond donors (Lipinski definition) is 2. The van der Waals surface area contributed by atoms with Crippen LogP contribution in [0.15, 0.2) is 79.1 Å². The summed E-state index contributed by atoms with van der Waals surface area (Å²) in [4.78, 5) is 26.9. The molecule has 3 heterocycles. The molecule has 10 heteroatoms. The molecule has 232 valence electrons. The first-order chi connectivity index (χ1) is 21.5. The number of piperidine rings is 1. The molecule has 5 aromatic rings. The van der Waals surface area contributed by atoms with Crippen molar-refractivity contribution in [2.24, 2.45) is 5.92 Å². The van der Waals surface area contributed by atoms with E-state index in [2.05, 4.69) is 20.4 Å². The van der Waals surface area contributed by atoms with Crippen molar-refractivity contribution in [3.63, 3.8) is 0 Å². The molecule has 9 nitrogen and oxygen atoms in total. The molecule has 2 N–H and O–H groups in total. The highest BCUT2D eigenvalue weighted by Gasteiger charge is 2.26. The lowest BCUT2D eigenvalue weighted by Crippen LogP contribution is -2.35. The first-order valence-corrected chi connectivity index (χ1v) is 15.2. The Morgan fingerprint density at radius 2 is 1.67 bits per heavy atom. The molecule has 1 amide bonds. The first-order valence-electron chi connectivity index (χ1n) is 15.2. The van der Waals surface area contributed by atoms with E-state index in [1.54, 1.807) is 23.0 Å². The molecule has 0 aliphatic carbocycles. The van der Waals surface area contributed by atoms with Crippen molar-refractivity contribution >= 4 is 34.2 Å². The molecule has 1 saturated heterocycles. The normalized spacial score (nSPS) is 14.2. The number of fused-ring (bicyclic) bond motifs is 1. The minimum atomic E-state index is -0.826. The van der Waals surface area contributed by atoms with Crippen LogP contribution in [0.5, 0.6) is 0 Å². The Bertz CT molecular complexity index is 1830. The smallest absolute Gasteiger partial charge is 0.307 e. The standard InChI is InChI=1S/C35H37FN6O3/c1-35(2,3)42-33(25-6-9-27(36)10-7-25)30(21-38-42)34(45)39-28-11-8-26-20-37-41(31(26)19-28)22-24-14-16-40(17-15-24)29-12-4-23(5-13-29)18-32(43)44/h4-13,19-21,24H,14-18,22H2,1-3H3,(H,39,45)(H,43,44). The maximum Gasteiger partial charge on any atom is 0.307 e. The first kappa shape index (κ1) is 30.1. The van der Waals surface area contributed by atoms with Crippen LogP contribution >= 0.6 is 0 Å². The van der Waals surface area contributed by atoms with Crippen molar-refractivity contribution in [2.75, 3.05) is 23.3 Å². The number of carboxylic acids is 1. The topological polar surface area (TPSA) is 105 Å². The number of benzene rings is 3. The minimum Gasteiger partial charge on any atom is -0.481 e. The number of amides is 1. The van der Waals surface area contributed by atoms with E-state index in [-0.39, 0.29) is 18.1 Å². The van der Waals surface area contributed by atoms with Crippen molar-refractivity contribution in [1.29, 1.82) is 0 Å². The van der Waals surface area contributed by atoms with Gasteiger partial charge < -0.3 is 15.3 Å². The monoisotopic (exact) mass is 608 g/mol. The Kier molecular flexibility index (Phi) is 8.14. The fourth-order valence-electron chi connectivity index (χ4n) is 6.02. The van der Waals surface area contributed by atoms with Crippen molar-refractivity contribution < 1.29 is 19.1 Å². The summed E-state index contributed by atoms with van der Waals surface area (Å²) in [5, 5.41) is 22.3. The second-order valence-electron chi connectivity index (χ2n) is 12.7. The Labute approximate surface area is 261 Å². The lowest BCUT2D eigenvalue weighted by atomic mass is 9.96. The number of hydrogen-bond acceptors (Lipinski definition) is 5. The van der Waals surface area contributed by atoms with Crippen LogP contribution in [-0.4, -0.2) is 49.6 Å². The molecular weight excluding hydrogens is 571 g/mol. The van der Waals surface area contributed by atoms with E-state index in [4.69, 9.17) is 5.11 Å². The number of nitrogens with one attached hydrogen (secondary N) is 1. The number of carbonyl (C=O) groups excluding carboxylic acids is 1. The molecule has 0 unspecified atom stereocenters. The summed E-state index contributed by atoms with van der Waals surface area (Å²) in [6, 6.07) is 19.7. The summed E-state index contributed by atoms with van der Waals surface area (Å²) < 4.78 is 17.5. The third kappa shape index (κ3) is 6.60. The van der Waals surface area contributed by atoms with Crippen LogP contribution < -0.4 is 10.2 Å². The summed E-state index contributed by atoms with van der Waals surface area (Å²) in [6.45, 7) is 8.64. The second kappa shape index (κ2) is 12.2. The molecule has 0 bridgehead atoms. The van der Waals surface area contributed by atoms with Crippen LogP contribution in [0, 0.1) is 11.7 Å². The van der Waals surface area contributed by atoms with Gasteiger partial charge in [-0.2, -0.15) is 10.2 Å². The molecule has 45 heavy (non-hydrogen) atoms. The van der Waals surface area contributed by atoms with Gasteiger partial charge in [-0.05, 0) is 99.7 Å². The maximum absolute atomic E-state index is 13.7. The van der Waals surface area contributed by atoms with Crippen LogP contribution in [-0.2, 0) is 23.3 Å². The molecule has 1 aliphatic heterocycles. The number of carboxylic acid groups (broad SMARTS) is 1. The van der Waals surface area contributed by atoms with Gasteiger partial charge in [-0.15, -0.1) is 0 Å². The number of aromatic nitrogens is 4. The number of halogens is 1. The van der Waals surface area contributed by atoms with Crippen molar-refractivity contribution in [2.45, 2.75) is 52.1 Å². The molecule has 2 aromatic heterocycles. The van der Waals surface area contributed by atoms with Crippen molar-refractivity contribution in [3.05, 3.63) is 96.1 Å². The van der Waals surface area contributed by atoms with Gasteiger partial charge in [0.05, 0.1) is 41.1 Å². The Hall–Kier alpha value is -4.99. The number of aliphatic carboxylic acids is 1. The SMILES string of the molecule is CC(C)(C)n1ncc(C(=O)Nc2ccc3cnn(CC4CCN(c5ccc(CC(=O)O)cc5)CC4)c3c2)c1-c1ccc(F)cc1. The van der Waals surface area contributed by atoms with E-state index in [9.17, 15) is 14.0 Å². The zero-order valence-corrected chi connectivity index (χ0v) is 25.7. The van der Waals surface area contributed by atoms with Gasteiger partial charge in [-0.1, -0.05) is 12.1 Å². The van der Waals surface area contributed by atoms with Crippen molar-refractivity contribution in [3.8, 4) is 11.3 Å². The van der Waals surface area contributed by atoms with Gasteiger partial charge in [0.25, 0.3) is 5.91 Å². The molecule has 0 saturated carbocycles. The zero-order chi connectivity index (χ0) is 31.7. The molecule has 0 atom stereocenters. The van der Waals surface area contributed by atoms with E-state index >= 15 is 0 Å². The molecule has 0 radical (unpaired) electrons. The van der Waals surface area contributed by atoms with Crippen LogP contribution in [0.3, 0.4) is 0 Å². The number of nitrogens with zero attached hydrogens (tertiary/aromatic N) is 5. The fraction of sp³-hybridized carbons (Fsp3) is 0.314. The molecule has 1 aliphatic rings. The fourth-order valence-corrected chi connectivity index (χ4v) is 6.02. The lowest BCUT2D eigenvalue weighted by molar-refractivity contribution is -0.136. The number of carbonyl (C=O) groups is 2. The van der Waals surface area contributed by atoms with Gasteiger partial charge in [0.15, 0.2) is 0 Å². The van der Waals surface area contributed by atoms with Crippen LogP contribution in [0.25, 0.3) is 22.2 Å². The van der Waals surface area contributed by atoms with Gasteiger partial charge in [-0.25, -0.2) is 4.39 Å². The summed E-state index contributed by atoms with van der Waals surface area (Å²) in [6.07, 6.45) is 5.48. The third-order valence-corrected chi connectivity index (χ3v) is 8.37. The van der Waals surface area contributed by atoms with Crippen molar-refractivity contribution in [1.82, 2.24) is 19.6 Å². The summed E-state index contributed by atoms with van der Waals surface area (Å²) in [5.74, 6) is -1.01. The Balaban J connectivity index is 1.15. The summed E-state index contributed by atoms with van der Waals surface area (Å²) in [5.41, 5.74) is 4.89. The number of anilines is 2. The summed E-state index contributed by atoms with van der Waals surface area (Å²) in [7, 11) is 0. The molecule has 6 rings (SSSR count). The molecule has 3 aromatic carbocycles. The van der Waals surface area contributed by atoms with E-state index in [0.717, 1.165) is 54.6 Å². The van der Waals surface area contributed by atoms with Gasteiger partial charge in [-0.3, -0.25) is 19.0 Å². The zero-order valence-electron chi connectivity index (χ0n) is 25.7. The van der Waals surface area contributed by atoms with Gasteiger partial charge in [0.2, 0.25) is 0 Å². The third-order valence-electron chi connectivity index (χ3n) is 8.37. The van der Waals surface area contributed by atoms with Crippen LogP contribution in [0.4, 0.5) is 15.8 Å². The van der Waals surface area contributed by atoms with Crippen LogP contribution in [0.1, 0.15) is 49.5 Å². The van der Waals surface area contributed by atoms with E-state index in [1.807, 2.05) is 74.1 Å². The quantitative estimate of drug-likeness (QED) is 0.206. The van der Waals surface area contributed by atoms with Gasteiger partial charge >= 0.3 is 5.97 Å². The molecular formula is C35H37FN6O3. The number of rotatable bonds is 8. The lowest BCUT2D eigenvalue weighted by Gasteiger charge is -2.33. The summed E-state index contributed by atoms with van der Waals surface area (Å²) >= 11 is 0. The van der Waals surface area contributed by atoms with Gasteiger partial charge in [0, 0.05) is 42.0 Å². The van der Waals surface area contributed by atoms with Crippen LogP contribution in [0.2, 0.25) is 0 Å². The second-order valence-corrected chi connectivity index (χ2v) is 12.7. The predicted molar refractivity (Wildman–Crippen MR) is 173 cm³/mol. The predicted octanol–water partition coefficient (Wildman–Crippen LogP) is 6.59. The van der Waals surface area contributed by atoms with E-state index in [0.29, 0.717) is 28.4 Å². The molecule has 0 spiro atoms. The largest absolute Gasteiger partial charge is 0.481 e. The minimum absolute atomic E-state index is 0.0323. The highest BCUT2D eigenvalue weighted by molar-refractivity contribution is 6.08. The van der Waals surface area contributed by atoms with E-state index in [1.165, 1.54) is 12.1 Å². The Morgan fingerprint density at radius 3 is 2.33 bits per heavy atom. The molecule has 1 fully saturated rings.